The van der Waals surface area contributed by atoms with Gasteiger partial charge in [0.25, 0.3) is 5.91 Å². The van der Waals surface area contributed by atoms with Crippen LogP contribution >= 0.6 is 11.3 Å². The molecule has 0 aliphatic carbocycles. The van der Waals surface area contributed by atoms with Gasteiger partial charge in [0.15, 0.2) is 0 Å². The number of hydrazone groups is 1. The third kappa shape index (κ3) is 3.24. The number of nitriles is 1. The molecule has 7 heteroatoms. The van der Waals surface area contributed by atoms with Crippen LogP contribution in [0.3, 0.4) is 0 Å². The number of anilines is 1. The van der Waals surface area contributed by atoms with Crippen molar-refractivity contribution < 1.29 is 9.53 Å². The molecule has 3 N–H and O–H groups in total. The molecule has 1 aromatic heterocycles. The Hall–Kier alpha value is -2.85. The van der Waals surface area contributed by atoms with Gasteiger partial charge < -0.3 is 10.5 Å². The van der Waals surface area contributed by atoms with Crippen LogP contribution in [0.1, 0.15) is 26.4 Å². The summed E-state index contributed by atoms with van der Waals surface area (Å²) in [6.07, 6.45) is 1.51. The van der Waals surface area contributed by atoms with E-state index in [1.165, 1.54) is 6.21 Å². The van der Waals surface area contributed by atoms with Crippen LogP contribution in [0.5, 0.6) is 5.75 Å². The highest BCUT2D eigenvalue weighted by atomic mass is 32.1. The third-order valence-electron chi connectivity index (χ3n) is 2.97. The van der Waals surface area contributed by atoms with E-state index in [1.807, 2.05) is 24.3 Å². The minimum absolute atomic E-state index is 0.335. The van der Waals surface area contributed by atoms with Crippen molar-refractivity contribution in [1.29, 1.82) is 5.26 Å². The van der Waals surface area contributed by atoms with Gasteiger partial charge in [0.2, 0.25) is 0 Å². The second-order valence-electron chi connectivity index (χ2n) is 4.38. The molecular weight excluding hydrogens is 300 g/mol. The molecule has 1 amide bonds. The van der Waals surface area contributed by atoms with Crippen molar-refractivity contribution in [2.45, 2.75) is 6.92 Å². The van der Waals surface area contributed by atoms with Crippen molar-refractivity contribution in [3.63, 3.8) is 0 Å². The second-order valence-corrected chi connectivity index (χ2v) is 5.44. The van der Waals surface area contributed by atoms with Crippen LogP contribution in [0.4, 0.5) is 5.00 Å². The average molecular weight is 314 g/mol. The van der Waals surface area contributed by atoms with E-state index in [1.54, 1.807) is 20.1 Å². The number of nitrogens with one attached hydrogen (secondary N) is 1. The minimum atomic E-state index is -0.394. The lowest BCUT2D eigenvalue weighted by Gasteiger charge is -2.00. The molecule has 112 valence electrons. The van der Waals surface area contributed by atoms with E-state index >= 15 is 0 Å². The Labute approximate surface area is 131 Å². The number of carbonyl (C=O) groups is 1. The number of amides is 1. The molecule has 0 saturated heterocycles. The maximum atomic E-state index is 12.1. The third-order valence-corrected chi connectivity index (χ3v) is 4.09. The molecule has 0 saturated carbocycles. The summed E-state index contributed by atoms with van der Waals surface area (Å²) in [5, 5.41) is 13.2. The zero-order chi connectivity index (χ0) is 16.1. The van der Waals surface area contributed by atoms with Crippen LogP contribution in [0, 0.1) is 18.3 Å². The highest BCUT2D eigenvalue weighted by molar-refractivity contribution is 7.18. The summed E-state index contributed by atoms with van der Waals surface area (Å²) >= 11 is 1.08. The molecule has 0 radical (unpaired) electrons. The van der Waals surface area contributed by atoms with Crippen molar-refractivity contribution in [1.82, 2.24) is 5.43 Å². The molecule has 1 aromatic carbocycles. The van der Waals surface area contributed by atoms with Gasteiger partial charge in [-0.15, -0.1) is 11.3 Å². The van der Waals surface area contributed by atoms with E-state index < -0.39 is 5.91 Å². The number of nitrogen functional groups attached to an aromatic ring is 1. The van der Waals surface area contributed by atoms with E-state index in [9.17, 15) is 4.79 Å². The van der Waals surface area contributed by atoms with Gasteiger partial charge in [-0.2, -0.15) is 10.4 Å². The van der Waals surface area contributed by atoms with Crippen LogP contribution in [0.25, 0.3) is 0 Å². The maximum absolute atomic E-state index is 12.1. The number of benzene rings is 1. The van der Waals surface area contributed by atoms with E-state index in [0.29, 0.717) is 26.8 Å². The quantitative estimate of drug-likeness (QED) is 0.668. The van der Waals surface area contributed by atoms with Gasteiger partial charge in [0.05, 0.1) is 18.9 Å². The van der Waals surface area contributed by atoms with Gasteiger partial charge in [-0.25, -0.2) is 5.43 Å². The summed E-state index contributed by atoms with van der Waals surface area (Å²) in [5.41, 5.74) is 9.83. The fraction of sp³-hybridized carbons (Fsp3) is 0.133. The highest BCUT2D eigenvalue weighted by Gasteiger charge is 2.18. The standard InChI is InChI=1S/C15H14N4O2S/c1-9-12(7-16)14(17)22-13(9)15(20)19-18-8-10-4-3-5-11(6-10)21-2/h3-6,8H,17H2,1-2H3,(H,19,20). The molecule has 6 nitrogen and oxygen atoms in total. The molecule has 0 atom stereocenters. The van der Waals surface area contributed by atoms with Crippen molar-refractivity contribution in [3.8, 4) is 11.8 Å². The Kier molecular flexibility index (Phi) is 4.76. The van der Waals surface area contributed by atoms with Crippen LogP contribution in [0.15, 0.2) is 29.4 Å². The Morgan fingerprint density at radius 2 is 2.32 bits per heavy atom. The summed E-state index contributed by atoms with van der Waals surface area (Å²) < 4.78 is 5.10. The van der Waals surface area contributed by atoms with E-state index in [-0.39, 0.29) is 0 Å². The molecule has 0 unspecified atom stereocenters. The van der Waals surface area contributed by atoms with Crippen LogP contribution in [0.2, 0.25) is 0 Å². The fourth-order valence-corrected chi connectivity index (χ4v) is 2.74. The van der Waals surface area contributed by atoms with Gasteiger partial charge in [-0.05, 0) is 30.2 Å². The number of hydrogen-bond acceptors (Lipinski definition) is 6. The van der Waals surface area contributed by atoms with Crippen molar-refractivity contribution in [2.75, 3.05) is 12.8 Å². The van der Waals surface area contributed by atoms with Crippen LogP contribution < -0.4 is 15.9 Å². The van der Waals surface area contributed by atoms with E-state index in [0.717, 1.165) is 16.9 Å². The first-order valence-corrected chi connectivity index (χ1v) is 7.15. The Balaban J connectivity index is 2.10. The molecule has 2 aromatic rings. The lowest BCUT2D eigenvalue weighted by atomic mass is 10.2. The lowest BCUT2D eigenvalue weighted by molar-refractivity contribution is 0.0958. The SMILES string of the molecule is COc1cccc(C=NNC(=O)c2sc(N)c(C#N)c2C)c1. The predicted molar refractivity (Wildman–Crippen MR) is 86.2 cm³/mol. The molecule has 1 heterocycles. The number of ether oxygens (including phenoxy) is 1. The Morgan fingerprint density at radius 3 is 2.95 bits per heavy atom. The van der Waals surface area contributed by atoms with Gasteiger partial charge in [-0.3, -0.25) is 4.79 Å². The fourth-order valence-electron chi connectivity index (χ4n) is 1.83. The summed E-state index contributed by atoms with van der Waals surface area (Å²) in [6, 6.07) is 9.25. The maximum Gasteiger partial charge on any atom is 0.281 e. The summed E-state index contributed by atoms with van der Waals surface area (Å²) in [4.78, 5) is 12.4. The number of rotatable bonds is 4. The molecule has 0 fully saturated rings. The van der Waals surface area contributed by atoms with Crippen LogP contribution in [-0.2, 0) is 0 Å². The molecule has 0 aliphatic rings. The first-order chi connectivity index (χ1) is 10.6. The predicted octanol–water partition coefficient (Wildman–Crippen LogP) is 2.28. The number of nitrogens with two attached hydrogens (primary N) is 1. The minimum Gasteiger partial charge on any atom is -0.497 e. The number of thiophene rings is 1. The summed E-state index contributed by atoms with van der Waals surface area (Å²) in [5.74, 6) is 0.311. The summed E-state index contributed by atoms with van der Waals surface area (Å²) in [7, 11) is 1.58. The van der Waals surface area contributed by atoms with E-state index in [4.69, 9.17) is 15.7 Å². The van der Waals surface area contributed by atoms with Crippen molar-refractivity contribution in [2.24, 2.45) is 5.10 Å². The van der Waals surface area contributed by atoms with Crippen LogP contribution in [-0.4, -0.2) is 19.2 Å². The molecule has 0 bridgehead atoms. The Morgan fingerprint density at radius 1 is 1.55 bits per heavy atom. The van der Waals surface area contributed by atoms with Gasteiger partial charge in [0.1, 0.15) is 21.7 Å². The second kappa shape index (κ2) is 6.74. The smallest absolute Gasteiger partial charge is 0.281 e. The number of methoxy groups -OCH3 is 1. The monoisotopic (exact) mass is 314 g/mol. The zero-order valence-corrected chi connectivity index (χ0v) is 12.9. The highest BCUT2D eigenvalue weighted by Crippen LogP contribution is 2.29. The summed E-state index contributed by atoms with van der Waals surface area (Å²) in [6.45, 7) is 1.69. The number of hydrogen-bond donors (Lipinski definition) is 2. The van der Waals surface area contributed by atoms with E-state index in [2.05, 4.69) is 10.5 Å². The molecule has 0 aliphatic heterocycles. The van der Waals surface area contributed by atoms with Gasteiger partial charge in [0, 0.05) is 0 Å². The van der Waals surface area contributed by atoms with Gasteiger partial charge in [-0.1, -0.05) is 12.1 Å². The topological polar surface area (TPSA) is 100 Å². The molecule has 0 spiro atoms. The largest absolute Gasteiger partial charge is 0.497 e. The molecule has 22 heavy (non-hydrogen) atoms. The Bertz CT molecular complexity index is 774. The first-order valence-electron chi connectivity index (χ1n) is 6.33. The van der Waals surface area contributed by atoms with Crippen molar-refractivity contribution >= 4 is 28.5 Å². The van der Waals surface area contributed by atoms with Gasteiger partial charge >= 0.3 is 0 Å². The van der Waals surface area contributed by atoms with Crippen molar-refractivity contribution in [3.05, 3.63) is 45.8 Å². The average Bonchev–Trinajstić information content (AvgIpc) is 2.81. The normalized spacial score (nSPS) is 10.4. The number of carbonyl (C=O) groups excluding carboxylic acids is 1. The number of nitrogens with zero attached hydrogens (tertiary/aromatic N) is 2. The molecular formula is C15H14N4O2S. The molecule has 2 rings (SSSR count). The first kappa shape index (κ1) is 15.5. The zero-order valence-electron chi connectivity index (χ0n) is 12.1. The lowest BCUT2D eigenvalue weighted by Crippen LogP contribution is -2.17.